The minimum Gasteiger partial charge on any atom is -0.383 e. The number of nitrogens with two attached hydrogens (primary N) is 2. The van der Waals surface area contributed by atoms with E-state index in [2.05, 4.69) is 21.0 Å². The smallest absolute Gasteiger partial charge is 0.263 e. The van der Waals surface area contributed by atoms with E-state index < -0.39 is 0 Å². The van der Waals surface area contributed by atoms with Crippen molar-refractivity contribution >= 4 is 44.3 Å². The molecule has 7 rings (SSSR count). The molecule has 0 aliphatic rings. The van der Waals surface area contributed by atoms with Gasteiger partial charge in [0.15, 0.2) is 0 Å². The van der Waals surface area contributed by atoms with Gasteiger partial charge in [-0.05, 0) is 60.7 Å². The fourth-order valence-corrected chi connectivity index (χ4v) is 5.60. The van der Waals surface area contributed by atoms with Crippen LogP contribution in [0.1, 0.15) is 16.8 Å². The van der Waals surface area contributed by atoms with Crippen LogP contribution >= 0.6 is 0 Å². The molecule has 4 heterocycles. The first-order chi connectivity index (χ1) is 19.9. The predicted octanol–water partition coefficient (Wildman–Crippen LogP) is 5.18. The molecule has 200 valence electrons. The van der Waals surface area contributed by atoms with Gasteiger partial charge in [0, 0.05) is 29.0 Å². The fraction of sp³-hybridized carbons (Fsp3) is 0.0938. The summed E-state index contributed by atoms with van der Waals surface area (Å²) >= 11 is 0. The van der Waals surface area contributed by atoms with Crippen molar-refractivity contribution in [2.45, 2.75) is 20.4 Å². The Balaban J connectivity index is 1.46. The highest BCUT2D eigenvalue weighted by molar-refractivity contribution is 6.01. The van der Waals surface area contributed by atoms with E-state index >= 15 is 0 Å². The molecule has 0 saturated carbocycles. The number of pyridine rings is 2. The number of rotatable bonds is 4. The Morgan fingerprint density at radius 2 is 1.66 bits per heavy atom. The number of hydrogen-bond acceptors (Lipinski definition) is 7. The molecular weight excluding hydrogens is 512 g/mol. The molecule has 0 atom stereocenters. The van der Waals surface area contributed by atoms with E-state index in [0.717, 1.165) is 55.3 Å². The molecule has 3 aromatic carbocycles. The highest BCUT2D eigenvalue weighted by Crippen LogP contribution is 2.33. The summed E-state index contributed by atoms with van der Waals surface area (Å²) in [7, 11) is 0. The molecule has 0 amide bonds. The molecular formula is C32H26N8O. The van der Waals surface area contributed by atoms with Crippen molar-refractivity contribution in [2.24, 2.45) is 0 Å². The lowest BCUT2D eigenvalue weighted by Gasteiger charge is -2.18. The van der Waals surface area contributed by atoms with Crippen molar-refractivity contribution in [3.05, 3.63) is 112 Å². The number of fused-ring (bicyclic) bond motifs is 3. The van der Waals surface area contributed by atoms with E-state index in [0.29, 0.717) is 23.4 Å². The Labute approximate surface area is 234 Å². The Morgan fingerprint density at radius 1 is 0.829 bits per heavy atom. The van der Waals surface area contributed by atoms with Gasteiger partial charge in [-0.15, -0.1) is 0 Å². The maximum absolute atomic E-state index is 14.1. The van der Waals surface area contributed by atoms with E-state index in [1.165, 1.54) is 0 Å². The van der Waals surface area contributed by atoms with Gasteiger partial charge in [0.25, 0.3) is 5.56 Å². The summed E-state index contributed by atoms with van der Waals surface area (Å²) in [6.45, 7) is 4.32. The van der Waals surface area contributed by atoms with Crippen LogP contribution in [0, 0.1) is 13.8 Å². The van der Waals surface area contributed by atoms with Gasteiger partial charge in [0.05, 0.1) is 34.0 Å². The first-order valence-corrected chi connectivity index (χ1v) is 13.2. The third kappa shape index (κ3) is 3.98. The minimum absolute atomic E-state index is 0.0587. The monoisotopic (exact) mass is 538 g/mol. The van der Waals surface area contributed by atoms with Gasteiger partial charge in [-0.25, -0.2) is 15.0 Å². The molecule has 0 fully saturated rings. The molecule has 9 nitrogen and oxygen atoms in total. The molecule has 0 saturated heterocycles. The summed E-state index contributed by atoms with van der Waals surface area (Å²) in [5.74, 6) is 0.599. The van der Waals surface area contributed by atoms with Crippen molar-refractivity contribution < 1.29 is 0 Å². The largest absolute Gasteiger partial charge is 0.383 e. The maximum Gasteiger partial charge on any atom is 0.263 e. The summed E-state index contributed by atoms with van der Waals surface area (Å²) < 4.78 is 3.69. The molecule has 0 radical (unpaired) electrons. The topological polar surface area (TPSA) is 131 Å². The molecule has 0 bridgehead atoms. The number of aryl methyl sites for hydroxylation is 2. The van der Waals surface area contributed by atoms with Crippen LogP contribution in [0.4, 0.5) is 11.8 Å². The van der Waals surface area contributed by atoms with Crippen LogP contribution in [-0.4, -0.2) is 29.3 Å². The Hall–Kier alpha value is -5.57. The number of nitrogens with zero attached hydrogens (tertiary/aromatic N) is 6. The Kier molecular flexibility index (Phi) is 5.53. The van der Waals surface area contributed by atoms with Crippen molar-refractivity contribution in [3.8, 4) is 16.9 Å². The van der Waals surface area contributed by atoms with E-state index in [1.54, 1.807) is 17.0 Å². The van der Waals surface area contributed by atoms with Crippen molar-refractivity contribution in [3.63, 3.8) is 0 Å². The van der Waals surface area contributed by atoms with Gasteiger partial charge in [-0.3, -0.25) is 14.0 Å². The van der Waals surface area contributed by atoms with E-state index in [4.69, 9.17) is 16.6 Å². The average molecular weight is 539 g/mol. The first kappa shape index (κ1) is 24.5. The van der Waals surface area contributed by atoms with Gasteiger partial charge in [0.2, 0.25) is 5.95 Å². The van der Waals surface area contributed by atoms with E-state index in [1.807, 2.05) is 85.3 Å². The second-order valence-corrected chi connectivity index (χ2v) is 10.2. The summed E-state index contributed by atoms with van der Waals surface area (Å²) in [6, 6.07) is 23.6. The van der Waals surface area contributed by atoms with Crippen LogP contribution in [0.3, 0.4) is 0 Å². The van der Waals surface area contributed by atoms with Crippen LogP contribution in [-0.2, 0) is 6.54 Å². The number of benzene rings is 3. The van der Waals surface area contributed by atoms with Crippen LogP contribution in [0.25, 0.3) is 49.5 Å². The Bertz CT molecular complexity index is 2210. The minimum atomic E-state index is -0.0587. The average Bonchev–Trinajstić information content (AvgIpc) is 3.33. The summed E-state index contributed by atoms with van der Waals surface area (Å²) in [5.41, 5.74) is 18.8. The summed E-state index contributed by atoms with van der Waals surface area (Å²) in [4.78, 5) is 26.9. The third-order valence-electron chi connectivity index (χ3n) is 7.57. The molecule has 0 aliphatic heterocycles. The number of hydrogen-bond donors (Lipinski definition) is 2. The quantitative estimate of drug-likeness (QED) is 0.316. The van der Waals surface area contributed by atoms with Crippen molar-refractivity contribution in [1.82, 2.24) is 29.3 Å². The maximum atomic E-state index is 14.1. The van der Waals surface area contributed by atoms with Crippen molar-refractivity contribution in [2.75, 3.05) is 11.5 Å². The zero-order valence-electron chi connectivity index (χ0n) is 22.5. The summed E-state index contributed by atoms with van der Waals surface area (Å²) in [5, 5.41) is 8.21. The number of para-hydroxylation sites is 1. The molecule has 0 aliphatic carbocycles. The molecule has 0 unspecified atom stereocenters. The number of anilines is 2. The number of aromatic nitrogens is 6. The molecule has 0 spiro atoms. The molecule has 4 N–H and O–H groups in total. The zero-order valence-corrected chi connectivity index (χ0v) is 22.5. The SMILES string of the molecule is Cc1ccccc1-n1c(Cn2nc(-c3ccc4nc(N)ncc4c3)c3c(N)nccc32)cc2cccc(C)c2c1=O. The normalized spacial score (nSPS) is 11.6. The van der Waals surface area contributed by atoms with Gasteiger partial charge in [-0.2, -0.15) is 5.10 Å². The highest BCUT2D eigenvalue weighted by atomic mass is 16.1. The lowest BCUT2D eigenvalue weighted by molar-refractivity contribution is 0.678. The van der Waals surface area contributed by atoms with E-state index in [9.17, 15) is 4.79 Å². The van der Waals surface area contributed by atoms with Gasteiger partial charge in [-0.1, -0.05) is 42.5 Å². The lowest BCUT2D eigenvalue weighted by Crippen LogP contribution is -2.25. The number of nitrogen functional groups attached to an aromatic ring is 2. The molecule has 9 heteroatoms. The van der Waals surface area contributed by atoms with Gasteiger partial charge in [0.1, 0.15) is 11.5 Å². The highest BCUT2D eigenvalue weighted by Gasteiger charge is 2.20. The second-order valence-electron chi connectivity index (χ2n) is 10.2. The van der Waals surface area contributed by atoms with Crippen LogP contribution in [0.15, 0.2) is 90.0 Å². The third-order valence-corrected chi connectivity index (χ3v) is 7.57. The summed E-state index contributed by atoms with van der Waals surface area (Å²) in [6.07, 6.45) is 3.37. The molecule has 4 aromatic heterocycles. The predicted molar refractivity (Wildman–Crippen MR) is 163 cm³/mol. The van der Waals surface area contributed by atoms with Gasteiger partial charge < -0.3 is 11.5 Å². The van der Waals surface area contributed by atoms with E-state index in [-0.39, 0.29) is 11.5 Å². The standard InChI is InChI=1S/C32H26N8O/c1-18-6-3-4-9-25(18)40-23(15-20-8-5-7-19(2)27(20)31(40)41)17-39-26-12-13-35-30(33)28(26)29(38-39)21-10-11-24-22(14-21)16-36-32(34)37-24/h3-16H,17H2,1-2H3,(H2,33,35)(H2,34,36,37). The second kappa shape index (κ2) is 9.27. The van der Waals surface area contributed by atoms with Crippen LogP contribution in [0.2, 0.25) is 0 Å². The van der Waals surface area contributed by atoms with Crippen molar-refractivity contribution in [1.29, 1.82) is 0 Å². The van der Waals surface area contributed by atoms with Crippen LogP contribution in [0.5, 0.6) is 0 Å². The van der Waals surface area contributed by atoms with Gasteiger partial charge >= 0.3 is 0 Å². The zero-order chi connectivity index (χ0) is 28.2. The molecule has 7 aromatic rings. The Morgan fingerprint density at radius 3 is 2.51 bits per heavy atom. The lowest BCUT2D eigenvalue weighted by atomic mass is 10.1. The van der Waals surface area contributed by atoms with Crippen LogP contribution < -0.4 is 17.0 Å². The first-order valence-electron chi connectivity index (χ1n) is 13.2. The fourth-order valence-electron chi connectivity index (χ4n) is 5.60. The molecule has 41 heavy (non-hydrogen) atoms.